The molecule has 2 saturated carbocycles. The van der Waals surface area contributed by atoms with Crippen LogP contribution in [-0.2, 0) is 0 Å². The summed E-state index contributed by atoms with van der Waals surface area (Å²) < 4.78 is 0. The van der Waals surface area contributed by atoms with Gasteiger partial charge < -0.3 is 0 Å². The largest absolute Gasteiger partial charge is 0.0683 e. The lowest BCUT2D eigenvalue weighted by Gasteiger charge is -2.21. The zero-order valence-corrected chi connectivity index (χ0v) is 17.2. The van der Waals surface area contributed by atoms with Crippen molar-refractivity contribution in [2.45, 2.75) is 90.4 Å². The van der Waals surface area contributed by atoms with Crippen molar-refractivity contribution in [2.24, 2.45) is 0 Å². The highest BCUT2D eigenvalue weighted by Crippen LogP contribution is 2.32. The van der Waals surface area contributed by atoms with Gasteiger partial charge in [-0.2, -0.15) is 0 Å². The summed E-state index contributed by atoms with van der Waals surface area (Å²) in [6.45, 7) is 4.00. The van der Waals surface area contributed by atoms with Gasteiger partial charge >= 0.3 is 0 Å². The molecule has 0 spiro atoms. The van der Waals surface area contributed by atoms with Gasteiger partial charge in [0.2, 0.25) is 0 Å². The van der Waals surface area contributed by atoms with Crippen LogP contribution >= 0.6 is 0 Å². The molecule has 0 atom stereocenters. The van der Waals surface area contributed by atoms with Crippen LogP contribution in [0.1, 0.15) is 96.0 Å². The Morgan fingerprint density at radius 3 is 1.15 bits per heavy atom. The maximum Gasteiger partial charge on any atom is -0.0162 e. The van der Waals surface area contributed by atoms with Gasteiger partial charge in [0.05, 0.1) is 0 Å². The quantitative estimate of drug-likeness (QED) is 0.481. The Bertz CT molecular complexity index is 440. The third kappa shape index (κ3) is 11.1. The minimum Gasteiger partial charge on any atom is -0.0683 e. The van der Waals surface area contributed by atoms with E-state index in [0.717, 1.165) is 5.92 Å². The molecule has 2 aromatic carbocycles. The zero-order valence-electron chi connectivity index (χ0n) is 17.2. The first-order chi connectivity index (χ1) is 13.0. The smallest absolute Gasteiger partial charge is 0.0162 e. The summed E-state index contributed by atoms with van der Waals surface area (Å²) >= 11 is 0. The molecule has 144 valence electrons. The van der Waals surface area contributed by atoms with Gasteiger partial charge in [-0.3, -0.25) is 0 Å². The summed E-state index contributed by atoms with van der Waals surface area (Å²) in [5.74, 6) is 0.861. The first-order valence-electron chi connectivity index (χ1n) is 11.0. The molecule has 0 radical (unpaired) electrons. The monoisotopic (exact) mass is 352 g/mol. The van der Waals surface area contributed by atoms with Crippen molar-refractivity contribution < 1.29 is 0 Å². The van der Waals surface area contributed by atoms with Crippen LogP contribution in [0.2, 0.25) is 0 Å². The van der Waals surface area contributed by atoms with Crippen LogP contribution < -0.4 is 0 Å². The molecule has 0 amide bonds. The van der Waals surface area contributed by atoms with Crippen LogP contribution in [-0.4, -0.2) is 0 Å². The highest BCUT2D eigenvalue weighted by Gasteiger charge is 2.14. The molecule has 0 aliphatic heterocycles. The van der Waals surface area contributed by atoms with E-state index in [1.165, 1.54) is 70.6 Å². The Kier molecular flexibility index (Phi) is 14.6. The highest BCUT2D eigenvalue weighted by atomic mass is 14.2. The fourth-order valence-corrected chi connectivity index (χ4v) is 3.61. The second-order valence-electron chi connectivity index (χ2n) is 7.02. The van der Waals surface area contributed by atoms with Crippen LogP contribution in [0.4, 0.5) is 0 Å². The van der Waals surface area contributed by atoms with Gasteiger partial charge in [-0.05, 0) is 24.3 Å². The van der Waals surface area contributed by atoms with E-state index in [-0.39, 0.29) is 0 Å². The number of hydrogen-bond donors (Lipinski definition) is 0. The van der Waals surface area contributed by atoms with Gasteiger partial charge in [0.25, 0.3) is 0 Å². The average molecular weight is 353 g/mol. The van der Waals surface area contributed by atoms with E-state index in [4.69, 9.17) is 0 Å². The average Bonchev–Trinajstić information content (AvgIpc) is 2.80. The lowest BCUT2D eigenvalue weighted by Crippen LogP contribution is -2.03. The molecule has 0 N–H and O–H groups in total. The van der Waals surface area contributed by atoms with Crippen molar-refractivity contribution in [1.82, 2.24) is 0 Å². The number of rotatable bonds is 1. The molecule has 26 heavy (non-hydrogen) atoms. The number of hydrogen-bond acceptors (Lipinski definition) is 0. The standard InChI is InChI=1S/C12H16.C6H12.C6H6.C2H6/c1-3-7-11(8-4-1)12-9-5-2-6-10-12;2*1-2-4-6-5-3-1;1-2/h1,3-4,7-8,12H,2,5-6,9-10H2;1-6H2;1-6H;1-2H3. The zero-order chi connectivity index (χ0) is 18.7. The van der Waals surface area contributed by atoms with E-state index in [9.17, 15) is 0 Å². The van der Waals surface area contributed by atoms with Crippen molar-refractivity contribution in [2.75, 3.05) is 0 Å². The Hall–Kier alpha value is -1.56. The van der Waals surface area contributed by atoms with E-state index in [1.807, 2.05) is 50.2 Å². The summed E-state index contributed by atoms with van der Waals surface area (Å²) in [6, 6.07) is 23.0. The van der Waals surface area contributed by atoms with Crippen LogP contribution in [0.3, 0.4) is 0 Å². The fraction of sp³-hybridized carbons (Fsp3) is 0.538. The summed E-state index contributed by atoms with van der Waals surface area (Å²) in [5.41, 5.74) is 1.55. The molecule has 2 aliphatic rings. The van der Waals surface area contributed by atoms with Gasteiger partial charge in [-0.15, -0.1) is 0 Å². The van der Waals surface area contributed by atoms with E-state index < -0.39 is 0 Å². The highest BCUT2D eigenvalue weighted by molar-refractivity contribution is 5.19. The van der Waals surface area contributed by atoms with E-state index in [0.29, 0.717) is 0 Å². The molecule has 2 aliphatic carbocycles. The third-order valence-electron chi connectivity index (χ3n) is 5.04. The Labute approximate surface area is 163 Å². The van der Waals surface area contributed by atoms with Crippen LogP contribution in [0.5, 0.6) is 0 Å². The Morgan fingerprint density at radius 2 is 0.769 bits per heavy atom. The predicted molar refractivity (Wildman–Crippen MR) is 118 cm³/mol. The van der Waals surface area contributed by atoms with Gasteiger partial charge in [-0.1, -0.05) is 138 Å². The van der Waals surface area contributed by atoms with Crippen LogP contribution in [0.15, 0.2) is 66.7 Å². The summed E-state index contributed by atoms with van der Waals surface area (Å²) in [4.78, 5) is 0. The molecule has 2 fully saturated rings. The topological polar surface area (TPSA) is 0 Å². The van der Waals surface area contributed by atoms with Gasteiger partial charge in [0, 0.05) is 0 Å². The normalized spacial score (nSPS) is 16.5. The molecule has 4 rings (SSSR count). The lowest BCUT2D eigenvalue weighted by molar-refractivity contribution is 0.443. The van der Waals surface area contributed by atoms with Crippen molar-refractivity contribution in [3.05, 3.63) is 72.3 Å². The molecule has 0 bridgehead atoms. The molecule has 0 nitrogen and oxygen atoms in total. The second-order valence-corrected chi connectivity index (χ2v) is 7.02. The molecule has 0 unspecified atom stereocenters. The first kappa shape index (κ1) is 22.5. The van der Waals surface area contributed by atoms with Crippen LogP contribution in [0, 0.1) is 0 Å². The van der Waals surface area contributed by atoms with E-state index in [2.05, 4.69) is 30.3 Å². The van der Waals surface area contributed by atoms with Gasteiger partial charge in [0.15, 0.2) is 0 Å². The minimum atomic E-state index is 0.861. The molecule has 0 heteroatoms. The SMILES string of the molecule is C1CCCCC1.CC.c1ccc(C2CCCCC2)cc1.c1ccccc1. The van der Waals surface area contributed by atoms with E-state index in [1.54, 1.807) is 5.56 Å². The van der Waals surface area contributed by atoms with Crippen molar-refractivity contribution >= 4 is 0 Å². The fourth-order valence-electron chi connectivity index (χ4n) is 3.61. The molecular weight excluding hydrogens is 312 g/mol. The molecule has 2 aromatic rings. The lowest BCUT2D eigenvalue weighted by atomic mass is 9.84. The van der Waals surface area contributed by atoms with Gasteiger partial charge in [0.1, 0.15) is 0 Å². The second kappa shape index (κ2) is 16.9. The molecule has 0 heterocycles. The predicted octanol–water partition coefficient (Wildman–Crippen LogP) is 8.79. The Morgan fingerprint density at radius 1 is 0.462 bits per heavy atom. The summed E-state index contributed by atoms with van der Waals surface area (Å²) in [5, 5.41) is 0. The first-order valence-corrected chi connectivity index (χ1v) is 11.0. The van der Waals surface area contributed by atoms with Crippen molar-refractivity contribution in [1.29, 1.82) is 0 Å². The summed E-state index contributed by atoms with van der Waals surface area (Å²) in [6.07, 6.45) is 16.1. The molecular formula is C26H40. The minimum absolute atomic E-state index is 0.861. The summed E-state index contributed by atoms with van der Waals surface area (Å²) in [7, 11) is 0. The van der Waals surface area contributed by atoms with Crippen LogP contribution in [0.25, 0.3) is 0 Å². The van der Waals surface area contributed by atoms with E-state index >= 15 is 0 Å². The Balaban J connectivity index is 0.000000204. The maximum absolute atomic E-state index is 2.27. The molecule has 0 saturated heterocycles. The van der Waals surface area contributed by atoms with Gasteiger partial charge in [-0.25, -0.2) is 0 Å². The van der Waals surface area contributed by atoms with Crippen molar-refractivity contribution in [3.63, 3.8) is 0 Å². The maximum atomic E-state index is 2.27. The number of benzene rings is 2. The van der Waals surface area contributed by atoms with Crippen molar-refractivity contribution in [3.8, 4) is 0 Å². The molecule has 0 aromatic heterocycles. The third-order valence-corrected chi connectivity index (χ3v) is 5.04.